The molecule has 0 spiro atoms. The molecule has 4 aromatic rings. The van der Waals surface area contributed by atoms with Gasteiger partial charge >= 0.3 is 0 Å². The van der Waals surface area contributed by atoms with Gasteiger partial charge in [-0.25, -0.2) is 4.98 Å². The molecule has 0 aliphatic rings. The van der Waals surface area contributed by atoms with Gasteiger partial charge in [0.1, 0.15) is 12.0 Å². The molecule has 0 aliphatic heterocycles. The number of anilines is 2. The molecule has 2 heterocycles. The quantitative estimate of drug-likeness (QED) is 0.419. The first-order chi connectivity index (χ1) is 16.8. The lowest BCUT2D eigenvalue weighted by atomic mass is 9.96. The van der Waals surface area contributed by atoms with E-state index >= 15 is 0 Å². The number of aromatic nitrogens is 3. The van der Waals surface area contributed by atoms with Crippen LogP contribution in [0.5, 0.6) is 5.75 Å². The van der Waals surface area contributed by atoms with E-state index < -0.39 is 29.0 Å². The Morgan fingerprint density at radius 1 is 1.29 bits per heavy atom. The van der Waals surface area contributed by atoms with E-state index in [4.69, 9.17) is 11.6 Å². The second-order valence-corrected chi connectivity index (χ2v) is 8.02. The van der Waals surface area contributed by atoms with Crippen molar-refractivity contribution in [1.29, 1.82) is 5.26 Å². The Balaban J connectivity index is 1.86. The molecule has 176 valence electrons. The molecule has 2 N–H and O–H groups in total. The number of nitriles is 1. The third-order valence-corrected chi connectivity index (χ3v) is 5.73. The SMILES string of the molecule is CN(c1nc(C(=O)Nc2cnoc2)c(O)c(=O)n1C)C(c1cccc(C#N)c1)c1ccccc1Cl. The number of hydrogen-bond donors (Lipinski definition) is 2. The predicted molar refractivity (Wildman–Crippen MR) is 128 cm³/mol. The highest BCUT2D eigenvalue weighted by molar-refractivity contribution is 6.31. The van der Waals surface area contributed by atoms with Crippen LogP contribution in [0.3, 0.4) is 0 Å². The van der Waals surface area contributed by atoms with E-state index in [9.17, 15) is 20.0 Å². The fourth-order valence-corrected chi connectivity index (χ4v) is 3.95. The summed E-state index contributed by atoms with van der Waals surface area (Å²) in [6, 6.07) is 15.6. The van der Waals surface area contributed by atoms with Gasteiger partial charge < -0.3 is 19.8 Å². The average molecular weight is 491 g/mol. The molecule has 0 fully saturated rings. The second kappa shape index (κ2) is 9.70. The summed E-state index contributed by atoms with van der Waals surface area (Å²) < 4.78 is 5.82. The molecular weight excluding hydrogens is 472 g/mol. The lowest BCUT2D eigenvalue weighted by molar-refractivity contribution is 0.101. The number of nitrogens with zero attached hydrogens (tertiary/aromatic N) is 5. The molecule has 0 saturated carbocycles. The minimum absolute atomic E-state index is 0.0792. The Morgan fingerprint density at radius 2 is 2.06 bits per heavy atom. The van der Waals surface area contributed by atoms with Crippen LogP contribution in [-0.2, 0) is 7.05 Å². The summed E-state index contributed by atoms with van der Waals surface area (Å²) >= 11 is 6.53. The van der Waals surface area contributed by atoms with Crippen LogP contribution in [0.15, 0.2) is 70.3 Å². The summed E-state index contributed by atoms with van der Waals surface area (Å²) in [5.41, 5.74) is 0.770. The van der Waals surface area contributed by atoms with Gasteiger partial charge in [0.25, 0.3) is 11.5 Å². The van der Waals surface area contributed by atoms with Crippen LogP contribution in [0.25, 0.3) is 0 Å². The van der Waals surface area contributed by atoms with Gasteiger partial charge in [-0.2, -0.15) is 5.26 Å². The normalized spacial score (nSPS) is 11.5. The zero-order valence-electron chi connectivity index (χ0n) is 18.6. The molecule has 1 amide bonds. The number of hydrogen-bond acceptors (Lipinski definition) is 8. The van der Waals surface area contributed by atoms with E-state index in [-0.39, 0.29) is 11.6 Å². The minimum atomic E-state index is -0.821. The van der Waals surface area contributed by atoms with E-state index in [1.807, 2.05) is 18.2 Å². The Hall–Kier alpha value is -4.62. The monoisotopic (exact) mass is 490 g/mol. The lowest BCUT2D eigenvalue weighted by Crippen LogP contribution is -2.34. The first-order valence-corrected chi connectivity index (χ1v) is 10.7. The number of halogens is 1. The number of carbonyl (C=O) groups excluding carboxylic acids is 1. The Morgan fingerprint density at radius 3 is 2.74 bits per heavy atom. The molecule has 0 bridgehead atoms. The molecule has 35 heavy (non-hydrogen) atoms. The maximum absolute atomic E-state index is 12.9. The third kappa shape index (κ3) is 4.58. The highest BCUT2D eigenvalue weighted by atomic mass is 35.5. The molecular formula is C24H19ClN6O4. The summed E-state index contributed by atoms with van der Waals surface area (Å²) in [6.45, 7) is 0. The summed E-state index contributed by atoms with van der Waals surface area (Å²) in [5.74, 6) is -1.55. The van der Waals surface area contributed by atoms with Gasteiger partial charge in [0.15, 0.2) is 5.69 Å². The molecule has 4 rings (SSSR count). The van der Waals surface area contributed by atoms with Crippen molar-refractivity contribution in [3.05, 3.63) is 98.8 Å². The van der Waals surface area contributed by atoms with Gasteiger partial charge in [-0.05, 0) is 29.3 Å². The molecule has 1 atom stereocenters. The third-order valence-electron chi connectivity index (χ3n) is 5.38. The van der Waals surface area contributed by atoms with Crippen molar-refractivity contribution in [1.82, 2.24) is 14.7 Å². The van der Waals surface area contributed by atoms with Crippen LogP contribution in [0.1, 0.15) is 33.2 Å². The standard InChI is InChI=1S/C24H19ClN6O4/c1-30(20(17-8-3-4-9-18(17)25)15-7-5-6-14(10-15)11-26)24-29-19(21(32)23(34)31(24)2)22(33)28-16-12-27-35-13-16/h3-10,12-13,20,32H,1-2H3,(H,28,33). The summed E-state index contributed by atoms with van der Waals surface area (Å²) in [6.07, 6.45) is 2.46. The van der Waals surface area contributed by atoms with Crippen LogP contribution < -0.4 is 15.8 Å². The number of aromatic hydroxyl groups is 1. The fraction of sp³-hybridized carbons (Fsp3) is 0.125. The highest BCUT2D eigenvalue weighted by Crippen LogP contribution is 2.35. The number of rotatable bonds is 6. The van der Waals surface area contributed by atoms with Crippen molar-refractivity contribution in [3.63, 3.8) is 0 Å². The van der Waals surface area contributed by atoms with Gasteiger partial charge in [0.2, 0.25) is 11.7 Å². The first kappa shape index (κ1) is 23.5. The number of carbonyl (C=O) groups is 1. The number of nitrogens with one attached hydrogen (secondary N) is 1. The zero-order valence-corrected chi connectivity index (χ0v) is 19.4. The van der Waals surface area contributed by atoms with Crippen LogP contribution >= 0.6 is 11.6 Å². The van der Waals surface area contributed by atoms with E-state index in [1.165, 1.54) is 19.5 Å². The zero-order chi connectivity index (χ0) is 25.1. The topological polar surface area (TPSA) is 137 Å². The van der Waals surface area contributed by atoms with Gasteiger partial charge in [-0.15, -0.1) is 0 Å². The molecule has 0 radical (unpaired) electrons. The summed E-state index contributed by atoms with van der Waals surface area (Å²) in [7, 11) is 3.10. The van der Waals surface area contributed by atoms with Crippen LogP contribution in [0.4, 0.5) is 11.6 Å². The average Bonchev–Trinajstić information content (AvgIpc) is 3.37. The van der Waals surface area contributed by atoms with Gasteiger partial charge in [0.05, 0.1) is 23.9 Å². The Labute approximate surface area is 204 Å². The van der Waals surface area contributed by atoms with Crippen molar-refractivity contribution in [2.45, 2.75) is 6.04 Å². The van der Waals surface area contributed by atoms with Crippen molar-refractivity contribution in [2.75, 3.05) is 17.3 Å². The summed E-state index contributed by atoms with van der Waals surface area (Å²) in [4.78, 5) is 31.6. The maximum atomic E-state index is 12.9. The number of amides is 1. The molecule has 0 saturated heterocycles. The summed E-state index contributed by atoms with van der Waals surface area (Å²) in [5, 5.41) is 26.2. The maximum Gasteiger partial charge on any atom is 0.297 e. The highest BCUT2D eigenvalue weighted by Gasteiger charge is 2.28. The van der Waals surface area contributed by atoms with Crippen molar-refractivity contribution in [3.8, 4) is 11.8 Å². The molecule has 11 heteroatoms. The van der Waals surface area contributed by atoms with Crippen molar-refractivity contribution < 1.29 is 14.4 Å². The smallest absolute Gasteiger partial charge is 0.297 e. The van der Waals surface area contributed by atoms with E-state index in [0.717, 1.165) is 4.57 Å². The Bertz CT molecular complexity index is 1490. The van der Waals surface area contributed by atoms with Crippen LogP contribution in [-0.4, -0.2) is 32.8 Å². The predicted octanol–water partition coefficient (Wildman–Crippen LogP) is 3.48. The fourth-order valence-electron chi connectivity index (χ4n) is 3.71. The van der Waals surface area contributed by atoms with Gasteiger partial charge in [0, 0.05) is 19.1 Å². The van der Waals surface area contributed by atoms with Crippen LogP contribution in [0.2, 0.25) is 5.02 Å². The van der Waals surface area contributed by atoms with E-state index in [2.05, 4.69) is 26.0 Å². The molecule has 2 aromatic carbocycles. The second-order valence-electron chi connectivity index (χ2n) is 7.61. The molecule has 2 aromatic heterocycles. The van der Waals surface area contributed by atoms with E-state index in [0.29, 0.717) is 21.7 Å². The largest absolute Gasteiger partial charge is 0.501 e. The lowest BCUT2D eigenvalue weighted by Gasteiger charge is -2.31. The number of benzene rings is 2. The van der Waals surface area contributed by atoms with E-state index in [1.54, 1.807) is 42.3 Å². The minimum Gasteiger partial charge on any atom is -0.501 e. The van der Waals surface area contributed by atoms with Crippen molar-refractivity contribution >= 4 is 29.1 Å². The molecule has 1 unspecified atom stereocenters. The first-order valence-electron chi connectivity index (χ1n) is 10.3. The molecule has 0 aliphatic carbocycles. The van der Waals surface area contributed by atoms with Gasteiger partial charge in [-0.1, -0.05) is 47.1 Å². The van der Waals surface area contributed by atoms with Crippen LogP contribution in [0, 0.1) is 11.3 Å². The van der Waals surface area contributed by atoms with Crippen molar-refractivity contribution in [2.24, 2.45) is 7.05 Å². The Kier molecular flexibility index (Phi) is 6.53. The van der Waals surface area contributed by atoms with Gasteiger partial charge in [-0.3, -0.25) is 14.2 Å². The molecule has 10 nitrogen and oxygen atoms in total.